The minimum Gasteiger partial charge on any atom is -0.370 e. The molecule has 0 aliphatic rings. The van der Waals surface area contributed by atoms with Gasteiger partial charge in [0.25, 0.3) is 0 Å². The molecule has 3 N–H and O–H groups in total. The molecule has 0 amide bonds. The van der Waals surface area contributed by atoms with Crippen LogP contribution in [0.2, 0.25) is 0 Å². The smallest absolute Gasteiger partial charge is 0.319 e. The normalized spacial score (nSPS) is 11.4. The van der Waals surface area contributed by atoms with Crippen molar-refractivity contribution in [2.75, 3.05) is 5.32 Å². The summed E-state index contributed by atoms with van der Waals surface area (Å²) in [5, 5.41) is 2.92. The maximum absolute atomic E-state index is 12.6. The first-order valence-electron chi connectivity index (χ1n) is 6.41. The number of halogens is 3. The van der Waals surface area contributed by atoms with E-state index in [0.29, 0.717) is 0 Å². The summed E-state index contributed by atoms with van der Waals surface area (Å²) < 4.78 is 26.0. The first kappa shape index (κ1) is 18.3. The number of aryl methyl sites for hydroxylation is 2. The van der Waals surface area contributed by atoms with E-state index in [1.54, 1.807) is 0 Å². The number of benzene rings is 1. The van der Waals surface area contributed by atoms with E-state index in [9.17, 15) is 8.78 Å². The minimum atomic E-state index is -2.63. The van der Waals surface area contributed by atoms with E-state index in [4.69, 9.17) is 5.73 Å². The van der Waals surface area contributed by atoms with E-state index in [1.165, 1.54) is 18.0 Å². The largest absolute Gasteiger partial charge is 0.370 e. The van der Waals surface area contributed by atoms with E-state index >= 15 is 0 Å². The summed E-state index contributed by atoms with van der Waals surface area (Å²) in [6, 6.07) is 5.79. The van der Waals surface area contributed by atoms with Crippen LogP contribution in [0.1, 0.15) is 23.5 Å². The Morgan fingerprint density at radius 3 is 2.73 bits per heavy atom. The lowest BCUT2D eigenvalue weighted by atomic mass is 10.1. The van der Waals surface area contributed by atoms with Crippen molar-refractivity contribution >= 4 is 35.6 Å². The van der Waals surface area contributed by atoms with E-state index in [0.717, 1.165) is 15.8 Å². The van der Waals surface area contributed by atoms with E-state index in [-0.39, 0.29) is 42.3 Å². The number of rotatable bonds is 4. The summed E-state index contributed by atoms with van der Waals surface area (Å²) in [6.07, 6.45) is 2.52. The number of aliphatic imine (C=N–C) groups is 1. The van der Waals surface area contributed by atoms with Crippen molar-refractivity contribution in [2.45, 2.75) is 26.9 Å². The van der Waals surface area contributed by atoms with Crippen LogP contribution in [0.25, 0.3) is 0 Å². The van der Waals surface area contributed by atoms with Gasteiger partial charge in [-0.05, 0) is 37.1 Å². The molecule has 1 aromatic carbocycles. The summed E-state index contributed by atoms with van der Waals surface area (Å²) >= 11 is 0. The second kappa shape index (κ2) is 8.06. The summed E-state index contributed by atoms with van der Waals surface area (Å²) in [5.74, 6) is 0.317. The molecule has 0 bridgehead atoms. The predicted molar refractivity (Wildman–Crippen MR) is 93.8 cm³/mol. The summed E-state index contributed by atoms with van der Waals surface area (Å²) in [6.45, 7) is 1.36. The van der Waals surface area contributed by atoms with Gasteiger partial charge in [-0.15, -0.1) is 24.0 Å². The van der Waals surface area contributed by atoms with Gasteiger partial charge < -0.3 is 11.1 Å². The van der Waals surface area contributed by atoms with Gasteiger partial charge in [0.2, 0.25) is 0 Å². The minimum absolute atomic E-state index is 0. The van der Waals surface area contributed by atoms with E-state index < -0.39 is 6.55 Å². The fourth-order valence-electron chi connectivity index (χ4n) is 1.81. The van der Waals surface area contributed by atoms with E-state index in [1.807, 2.05) is 32.0 Å². The Hall–Kier alpha value is -1.71. The molecule has 2 aromatic rings. The number of hydrogen-bond acceptors (Lipinski definition) is 2. The lowest BCUT2D eigenvalue weighted by molar-refractivity contribution is 0.0671. The second-order valence-electron chi connectivity index (χ2n) is 4.65. The molecular formula is C14H18F2IN5. The molecule has 0 aliphatic heterocycles. The Morgan fingerprint density at radius 1 is 1.36 bits per heavy atom. The Morgan fingerprint density at radius 2 is 2.09 bits per heavy atom. The summed E-state index contributed by atoms with van der Waals surface area (Å²) in [4.78, 5) is 7.86. The molecule has 0 fully saturated rings. The van der Waals surface area contributed by atoms with Crippen LogP contribution in [0, 0.1) is 13.8 Å². The summed E-state index contributed by atoms with van der Waals surface area (Å²) in [7, 11) is 0. The molecule has 8 heteroatoms. The quantitative estimate of drug-likeness (QED) is 0.452. The van der Waals surface area contributed by atoms with Gasteiger partial charge in [0.05, 0.1) is 0 Å². The molecule has 1 aromatic heterocycles. The number of nitrogens with one attached hydrogen (secondary N) is 1. The Bertz CT molecular complexity index is 654. The number of hydrogen-bond donors (Lipinski definition) is 2. The van der Waals surface area contributed by atoms with Crippen molar-refractivity contribution in [1.29, 1.82) is 0 Å². The van der Waals surface area contributed by atoms with Gasteiger partial charge in [0.15, 0.2) is 5.96 Å². The molecule has 0 saturated carbocycles. The third-order valence-electron chi connectivity index (χ3n) is 3.13. The zero-order valence-electron chi connectivity index (χ0n) is 12.3. The number of anilines is 1. The maximum atomic E-state index is 12.6. The molecule has 120 valence electrons. The van der Waals surface area contributed by atoms with Crippen LogP contribution in [0.15, 0.2) is 35.6 Å². The van der Waals surface area contributed by atoms with Crippen LogP contribution in [0.4, 0.5) is 14.5 Å². The highest BCUT2D eigenvalue weighted by molar-refractivity contribution is 14.0. The lowest BCUT2D eigenvalue weighted by Gasteiger charge is -2.08. The molecule has 5 nitrogen and oxygen atoms in total. The number of nitrogens with zero attached hydrogens (tertiary/aromatic N) is 3. The Balaban J connectivity index is 0.00000242. The standard InChI is InChI=1S/C14H17F2N5.HI/c1-9-3-4-11(7-10(9)2)20-14(17)19-8-12-18-5-6-21(12)13(15)16;/h3-7,13H,8H2,1-2H3,(H3,17,19,20);1H. The van der Waals surface area contributed by atoms with Crippen LogP contribution in [0.5, 0.6) is 0 Å². The lowest BCUT2D eigenvalue weighted by Crippen LogP contribution is -2.23. The number of alkyl halides is 2. The van der Waals surface area contributed by atoms with Gasteiger partial charge in [0, 0.05) is 18.1 Å². The molecule has 0 unspecified atom stereocenters. The monoisotopic (exact) mass is 421 g/mol. The topological polar surface area (TPSA) is 68.2 Å². The van der Waals surface area contributed by atoms with Crippen molar-refractivity contribution in [1.82, 2.24) is 9.55 Å². The second-order valence-corrected chi connectivity index (χ2v) is 4.65. The molecule has 1 heterocycles. The third-order valence-corrected chi connectivity index (χ3v) is 3.13. The highest BCUT2D eigenvalue weighted by Crippen LogP contribution is 2.15. The van der Waals surface area contributed by atoms with Crippen LogP contribution in [-0.2, 0) is 6.54 Å². The fraction of sp³-hybridized carbons (Fsp3) is 0.286. The predicted octanol–water partition coefficient (Wildman–Crippen LogP) is 3.44. The van der Waals surface area contributed by atoms with Crippen molar-refractivity contribution in [3.05, 3.63) is 47.5 Å². The molecule has 0 aliphatic carbocycles. The van der Waals surface area contributed by atoms with Gasteiger partial charge in [0.1, 0.15) is 12.4 Å². The van der Waals surface area contributed by atoms with Gasteiger partial charge in [-0.3, -0.25) is 4.57 Å². The highest BCUT2D eigenvalue weighted by atomic mass is 127. The molecular weight excluding hydrogens is 403 g/mol. The molecule has 0 atom stereocenters. The number of imidazole rings is 1. The summed E-state index contributed by atoms with van der Waals surface area (Å²) in [5.41, 5.74) is 8.86. The molecule has 0 spiro atoms. The van der Waals surface area contributed by atoms with Crippen LogP contribution < -0.4 is 11.1 Å². The van der Waals surface area contributed by atoms with E-state index in [2.05, 4.69) is 15.3 Å². The van der Waals surface area contributed by atoms with Gasteiger partial charge in [-0.25, -0.2) is 9.98 Å². The number of nitrogens with two attached hydrogens (primary N) is 1. The average Bonchev–Trinajstić information content (AvgIpc) is 2.89. The van der Waals surface area contributed by atoms with Crippen molar-refractivity contribution in [3.63, 3.8) is 0 Å². The first-order chi connectivity index (χ1) is 9.97. The number of aromatic nitrogens is 2. The van der Waals surface area contributed by atoms with Gasteiger partial charge in [-0.2, -0.15) is 8.78 Å². The third kappa shape index (κ3) is 4.65. The SMILES string of the molecule is Cc1ccc(NC(N)=NCc2nccn2C(F)F)cc1C.I. The van der Waals surface area contributed by atoms with Crippen molar-refractivity contribution in [3.8, 4) is 0 Å². The van der Waals surface area contributed by atoms with Crippen molar-refractivity contribution in [2.24, 2.45) is 10.7 Å². The van der Waals surface area contributed by atoms with Crippen LogP contribution in [0.3, 0.4) is 0 Å². The van der Waals surface area contributed by atoms with Crippen LogP contribution in [-0.4, -0.2) is 15.5 Å². The maximum Gasteiger partial charge on any atom is 0.319 e. The zero-order chi connectivity index (χ0) is 15.4. The van der Waals surface area contributed by atoms with Gasteiger partial charge >= 0.3 is 6.55 Å². The molecule has 0 radical (unpaired) electrons. The van der Waals surface area contributed by atoms with Crippen molar-refractivity contribution < 1.29 is 8.78 Å². The molecule has 0 saturated heterocycles. The Kier molecular flexibility index (Phi) is 6.72. The zero-order valence-corrected chi connectivity index (χ0v) is 14.6. The first-order valence-corrected chi connectivity index (χ1v) is 6.41. The number of guanidine groups is 1. The average molecular weight is 421 g/mol. The van der Waals surface area contributed by atoms with Gasteiger partial charge in [-0.1, -0.05) is 6.07 Å². The molecule has 22 heavy (non-hydrogen) atoms. The highest BCUT2D eigenvalue weighted by Gasteiger charge is 2.10. The van der Waals surface area contributed by atoms with Crippen LogP contribution >= 0.6 is 24.0 Å². The molecule has 2 rings (SSSR count). The Labute approximate surface area is 144 Å². The fourth-order valence-corrected chi connectivity index (χ4v) is 1.81.